The zero-order valence-electron chi connectivity index (χ0n) is 10.5. The van der Waals surface area contributed by atoms with E-state index in [-0.39, 0.29) is 0 Å². The van der Waals surface area contributed by atoms with Gasteiger partial charge in [-0.3, -0.25) is 0 Å². The zero-order valence-corrected chi connectivity index (χ0v) is 10.5. The van der Waals surface area contributed by atoms with E-state index in [9.17, 15) is 0 Å². The second kappa shape index (κ2) is 7.29. The minimum absolute atomic E-state index is 1.07. The molecule has 90 valence electrons. The summed E-state index contributed by atoms with van der Waals surface area (Å²) < 4.78 is 0. The Morgan fingerprint density at radius 1 is 0.444 bits per heavy atom. The van der Waals surface area contributed by atoms with Crippen molar-refractivity contribution in [3.63, 3.8) is 0 Å². The normalized spacial score (nSPS) is 34.2. The smallest absolute Gasteiger partial charge is 0.0238 e. The highest BCUT2D eigenvalue weighted by molar-refractivity contribution is 5.34. The van der Waals surface area contributed by atoms with Crippen LogP contribution in [-0.4, -0.2) is 0 Å². The van der Waals surface area contributed by atoms with Gasteiger partial charge in [0.15, 0.2) is 0 Å². The Kier molecular flexibility index (Phi) is 5.01. The summed E-state index contributed by atoms with van der Waals surface area (Å²) in [6.07, 6.45) is 31.6. The van der Waals surface area contributed by atoms with E-state index in [1.165, 1.54) is 11.1 Å². The summed E-state index contributed by atoms with van der Waals surface area (Å²) in [6.45, 7) is 0. The molecular weight excluding hydrogens is 216 g/mol. The van der Waals surface area contributed by atoms with E-state index in [1.807, 2.05) is 12.2 Å². The first-order chi connectivity index (χ1) is 8.95. The minimum atomic E-state index is 1.07. The van der Waals surface area contributed by atoms with Gasteiger partial charge in [-0.15, -0.1) is 0 Å². The second-order valence-corrected chi connectivity index (χ2v) is 4.24. The molecule has 2 aliphatic carbocycles. The van der Waals surface area contributed by atoms with Crippen molar-refractivity contribution in [1.82, 2.24) is 0 Å². The van der Waals surface area contributed by atoms with Gasteiger partial charge in [0, 0.05) is 0 Å². The van der Waals surface area contributed by atoms with E-state index in [0.29, 0.717) is 0 Å². The lowest BCUT2D eigenvalue weighted by Crippen LogP contribution is -1.84. The van der Waals surface area contributed by atoms with Gasteiger partial charge in [0.2, 0.25) is 0 Å². The molecule has 0 bridgehead atoms. The van der Waals surface area contributed by atoms with Crippen molar-refractivity contribution in [2.75, 3.05) is 0 Å². The highest BCUT2D eigenvalue weighted by atomic mass is 14.0. The van der Waals surface area contributed by atoms with Crippen LogP contribution in [0.5, 0.6) is 0 Å². The third-order valence-corrected chi connectivity index (χ3v) is 2.83. The molecule has 0 aromatic heterocycles. The second-order valence-electron chi connectivity index (χ2n) is 4.24. The predicted molar refractivity (Wildman–Crippen MR) is 80.2 cm³/mol. The number of allylic oxidation sites excluding steroid dienone is 16. The highest BCUT2D eigenvalue weighted by Gasteiger charge is 1.96. The minimum Gasteiger partial charge on any atom is -0.0623 e. The van der Waals surface area contributed by atoms with Gasteiger partial charge < -0.3 is 0 Å². The van der Waals surface area contributed by atoms with Crippen molar-refractivity contribution >= 4 is 0 Å². The fraction of sp³-hybridized carbons (Fsp3) is 0.111. The average molecular weight is 234 g/mol. The first-order valence-corrected chi connectivity index (χ1v) is 6.36. The molecule has 0 amide bonds. The third kappa shape index (κ3) is 4.42. The molecule has 18 heavy (non-hydrogen) atoms. The Labute approximate surface area is 109 Å². The fourth-order valence-corrected chi connectivity index (χ4v) is 1.83. The molecule has 0 unspecified atom stereocenters. The lowest BCUT2D eigenvalue weighted by atomic mass is 10.0. The molecular formula is C18H18. The van der Waals surface area contributed by atoms with Gasteiger partial charge in [0.25, 0.3) is 0 Å². The van der Waals surface area contributed by atoms with E-state index in [1.54, 1.807) is 0 Å². The molecule has 0 aromatic carbocycles. The first-order valence-electron chi connectivity index (χ1n) is 6.36. The lowest BCUT2D eigenvalue weighted by Gasteiger charge is -2.04. The molecule has 2 aliphatic rings. The van der Waals surface area contributed by atoms with Crippen LogP contribution in [-0.2, 0) is 0 Å². The van der Waals surface area contributed by atoms with Crippen LogP contribution in [0.25, 0.3) is 0 Å². The third-order valence-electron chi connectivity index (χ3n) is 2.83. The molecule has 0 spiro atoms. The van der Waals surface area contributed by atoms with Gasteiger partial charge in [-0.05, 0) is 24.0 Å². The van der Waals surface area contributed by atoms with Crippen LogP contribution < -0.4 is 0 Å². The van der Waals surface area contributed by atoms with E-state index in [0.717, 1.165) is 12.8 Å². The zero-order chi connectivity index (χ0) is 12.5. The lowest BCUT2D eigenvalue weighted by molar-refractivity contribution is 0.970. The maximum Gasteiger partial charge on any atom is -0.0238 e. The monoisotopic (exact) mass is 234 g/mol. The number of rotatable bonds is 3. The number of hydrogen-bond donors (Lipinski definition) is 0. The van der Waals surface area contributed by atoms with Crippen molar-refractivity contribution in [2.45, 2.75) is 12.8 Å². The summed E-state index contributed by atoms with van der Waals surface area (Å²) >= 11 is 0. The Hall–Kier alpha value is -2.08. The largest absolute Gasteiger partial charge is 0.0623 e. The van der Waals surface area contributed by atoms with Crippen molar-refractivity contribution in [3.05, 3.63) is 96.2 Å². The van der Waals surface area contributed by atoms with E-state index in [4.69, 9.17) is 0 Å². The Morgan fingerprint density at radius 3 is 1.33 bits per heavy atom. The highest BCUT2D eigenvalue weighted by Crippen LogP contribution is 2.16. The summed E-state index contributed by atoms with van der Waals surface area (Å²) in [7, 11) is 0. The van der Waals surface area contributed by atoms with Gasteiger partial charge in [0.05, 0.1) is 0 Å². The molecule has 0 aliphatic heterocycles. The summed E-state index contributed by atoms with van der Waals surface area (Å²) in [5.41, 5.74) is 2.73. The molecule has 0 atom stereocenters. The van der Waals surface area contributed by atoms with Gasteiger partial charge in [0.1, 0.15) is 0 Å². The SMILES string of the molecule is C1=C\C=C/C(CCC2=C/C=C\C=C/C=C\2)=C\C=C/1. The molecule has 0 N–H and O–H groups in total. The maximum absolute atomic E-state index is 2.18. The molecule has 0 aromatic rings. The average Bonchev–Trinajstić information content (AvgIpc) is 2.29. The van der Waals surface area contributed by atoms with Gasteiger partial charge in [-0.25, -0.2) is 0 Å². The van der Waals surface area contributed by atoms with E-state index in [2.05, 4.69) is 72.9 Å². The molecule has 0 heterocycles. The Bertz CT molecular complexity index is 452. The summed E-state index contributed by atoms with van der Waals surface area (Å²) in [5, 5.41) is 0. The van der Waals surface area contributed by atoms with E-state index >= 15 is 0 Å². The van der Waals surface area contributed by atoms with Crippen LogP contribution in [0.1, 0.15) is 12.8 Å². The van der Waals surface area contributed by atoms with Crippen LogP contribution in [0, 0.1) is 0 Å². The standard InChI is InChI=1S/C18H18/c1-3-7-11-17(12-8-4-1)15-16-18-13-9-5-2-6-10-14-18/h1-14H,15-16H2/b3-1-,4-1?,5-2-,6-2?,7-3?,8-4-,9-5?,10-6-,11-7-,12-8?,13-9-,14-10?,17-11?,17-12+,18-13?,18-14+. The first kappa shape index (κ1) is 12.4. The van der Waals surface area contributed by atoms with Crippen molar-refractivity contribution < 1.29 is 0 Å². The molecule has 0 saturated heterocycles. The molecule has 0 nitrogen and oxygen atoms in total. The fourth-order valence-electron chi connectivity index (χ4n) is 1.83. The molecule has 2 rings (SSSR count). The van der Waals surface area contributed by atoms with Crippen molar-refractivity contribution in [1.29, 1.82) is 0 Å². The predicted octanol–water partition coefficient (Wildman–Crippen LogP) is 4.98. The van der Waals surface area contributed by atoms with E-state index < -0.39 is 0 Å². The molecule has 0 radical (unpaired) electrons. The van der Waals surface area contributed by atoms with Crippen molar-refractivity contribution in [3.8, 4) is 0 Å². The van der Waals surface area contributed by atoms with Gasteiger partial charge >= 0.3 is 0 Å². The summed E-state index contributed by atoms with van der Waals surface area (Å²) in [6, 6.07) is 0. The molecule has 0 fully saturated rings. The van der Waals surface area contributed by atoms with Gasteiger partial charge in [-0.2, -0.15) is 0 Å². The van der Waals surface area contributed by atoms with Crippen molar-refractivity contribution in [2.24, 2.45) is 0 Å². The maximum atomic E-state index is 2.18. The quantitative estimate of drug-likeness (QED) is 0.645. The Morgan fingerprint density at radius 2 is 0.833 bits per heavy atom. The topological polar surface area (TPSA) is 0 Å². The summed E-state index contributed by atoms with van der Waals surface area (Å²) in [5.74, 6) is 0. The summed E-state index contributed by atoms with van der Waals surface area (Å²) in [4.78, 5) is 0. The Balaban J connectivity index is 1.95. The molecule has 0 heteroatoms. The van der Waals surface area contributed by atoms with Gasteiger partial charge in [-0.1, -0.05) is 85.1 Å². The van der Waals surface area contributed by atoms with Crippen LogP contribution in [0.4, 0.5) is 0 Å². The number of hydrogen-bond acceptors (Lipinski definition) is 0. The van der Waals surface area contributed by atoms with Crippen LogP contribution in [0.2, 0.25) is 0 Å². The molecule has 0 saturated carbocycles. The van der Waals surface area contributed by atoms with Crippen LogP contribution in [0.3, 0.4) is 0 Å². The van der Waals surface area contributed by atoms with Crippen LogP contribution >= 0.6 is 0 Å². The van der Waals surface area contributed by atoms with Crippen LogP contribution in [0.15, 0.2) is 96.2 Å².